The lowest BCUT2D eigenvalue weighted by molar-refractivity contribution is 0.806. The van der Waals surface area contributed by atoms with Crippen LogP contribution in [0.1, 0.15) is 18.5 Å². The first-order valence-corrected chi connectivity index (χ1v) is 6.91. The molecule has 1 heterocycles. The third-order valence-electron chi connectivity index (χ3n) is 2.30. The minimum Gasteiger partial charge on any atom is -0.324 e. The van der Waals surface area contributed by atoms with Crippen molar-refractivity contribution < 1.29 is 0 Å². The van der Waals surface area contributed by atoms with Crippen LogP contribution >= 0.6 is 27.7 Å². The summed E-state index contributed by atoms with van der Waals surface area (Å²) >= 11 is 5.10. The quantitative estimate of drug-likeness (QED) is 0.931. The van der Waals surface area contributed by atoms with Gasteiger partial charge in [-0.25, -0.2) is 4.98 Å². The van der Waals surface area contributed by atoms with Crippen molar-refractivity contribution in [1.82, 2.24) is 4.98 Å². The van der Waals surface area contributed by atoms with E-state index in [1.165, 1.54) is 4.90 Å². The van der Waals surface area contributed by atoms with E-state index in [1.54, 1.807) is 11.8 Å². The van der Waals surface area contributed by atoms with Crippen molar-refractivity contribution in [2.45, 2.75) is 22.9 Å². The number of rotatable bonds is 3. The molecule has 0 spiro atoms. The molecule has 0 bridgehead atoms. The van der Waals surface area contributed by atoms with E-state index in [-0.39, 0.29) is 6.04 Å². The molecule has 0 aliphatic carbocycles. The number of nitrogens with two attached hydrogens (primary N) is 1. The van der Waals surface area contributed by atoms with E-state index >= 15 is 0 Å². The van der Waals surface area contributed by atoms with Crippen molar-refractivity contribution in [3.63, 3.8) is 0 Å². The molecule has 2 nitrogen and oxygen atoms in total. The number of halogens is 1. The Hall–Kier alpha value is -0.840. The maximum absolute atomic E-state index is 5.78. The van der Waals surface area contributed by atoms with Crippen molar-refractivity contribution in [2.24, 2.45) is 5.73 Å². The summed E-state index contributed by atoms with van der Waals surface area (Å²) < 4.78 is 1.08. The molecule has 2 aromatic rings. The molecule has 1 atom stereocenters. The zero-order chi connectivity index (χ0) is 12.3. The monoisotopic (exact) mass is 308 g/mol. The second-order valence-electron chi connectivity index (χ2n) is 3.78. The van der Waals surface area contributed by atoms with Crippen molar-refractivity contribution in [3.05, 3.63) is 52.6 Å². The van der Waals surface area contributed by atoms with Crippen molar-refractivity contribution >= 4 is 27.7 Å². The average molecular weight is 309 g/mol. The molecular formula is C13H13BrN2S. The topological polar surface area (TPSA) is 38.9 Å². The molecule has 88 valence electrons. The van der Waals surface area contributed by atoms with Gasteiger partial charge >= 0.3 is 0 Å². The van der Waals surface area contributed by atoms with Crippen molar-refractivity contribution in [1.29, 1.82) is 0 Å². The summed E-state index contributed by atoms with van der Waals surface area (Å²) in [4.78, 5) is 5.56. The van der Waals surface area contributed by atoms with Gasteiger partial charge in [0.15, 0.2) is 0 Å². The van der Waals surface area contributed by atoms with Gasteiger partial charge in [0.05, 0.1) is 0 Å². The first-order valence-electron chi connectivity index (χ1n) is 5.30. The molecule has 1 aromatic carbocycles. The largest absolute Gasteiger partial charge is 0.324 e. The molecule has 0 aliphatic heterocycles. The van der Waals surface area contributed by atoms with Crippen LogP contribution in [0, 0.1) is 0 Å². The van der Waals surface area contributed by atoms with E-state index in [2.05, 4.69) is 33.0 Å². The average Bonchev–Trinajstić information content (AvgIpc) is 2.29. The SMILES string of the molecule is C[C@H](N)c1ccc(Sc2cccc(Br)c2)nc1. The summed E-state index contributed by atoms with van der Waals surface area (Å²) in [5.74, 6) is 0. The molecule has 0 amide bonds. The van der Waals surface area contributed by atoms with Crippen LogP contribution in [0.5, 0.6) is 0 Å². The fraction of sp³-hybridized carbons (Fsp3) is 0.154. The fourth-order valence-electron chi connectivity index (χ4n) is 1.37. The molecule has 0 aliphatic rings. The molecule has 17 heavy (non-hydrogen) atoms. The number of aromatic nitrogens is 1. The lowest BCUT2D eigenvalue weighted by Gasteiger charge is -2.06. The van der Waals surface area contributed by atoms with Gasteiger partial charge in [-0.3, -0.25) is 0 Å². The summed E-state index contributed by atoms with van der Waals surface area (Å²) in [6.45, 7) is 1.96. The maximum atomic E-state index is 5.78. The molecule has 0 unspecified atom stereocenters. The first-order chi connectivity index (χ1) is 8.15. The zero-order valence-corrected chi connectivity index (χ0v) is 11.8. The molecular weight excluding hydrogens is 296 g/mol. The lowest BCUT2D eigenvalue weighted by Crippen LogP contribution is -2.04. The van der Waals surface area contributed by atoms with Crippen molar-refractivity contribution in [2.75, 3.05) is 0 Å². The lowest BCUT2D eigenvalue weighted by atomic mass is 10.2. The third-order valence-corrected chi connectivity index (χ3v) is 3.74. The Morgan fingerprint density at radius 1 is 1.29 bits per heavy atom. The summed E-state index contributed by atoms with van der Waals surface area (Å²) in [7, 11) is 0. The summed E-state index contributed by atoms with van der Waals surface area (Å²) in [5.41, 5.74) is 6.84. The van der Waals surface area contributed by atoms with Crippen molar-refractivity contribution in [3.8, 4) is 0 Å². The molecule has 4 heteroatoms. The van der Waals surface area contributed by atoms with E-state index < -0.39 is 0 Å². The number of nitrogens with zero attached hydrogens (tertiary/aromatic N) is 1. The van der Waals surface area contributed by atoms with Crippen LogP contribution in [0.2, 0.25) is 0 Å². The maximum Gasteiger partial charge on any atom is 0.101 e. The van der Waals surface area contributed by atoms with E-state index in [0.29, 0.717) is 0 Å². The van der Waals surface area contributed by atoms with E-state index in [9.17, 15) is 0 Å². The van der Waals surface area contributed by atoms with Gasteiger partial charge in [0.2, 0.25) is 0 Å². The van der Waals surface area contributed by atoms with Crippen LogP contribution in [0.3, 0.4) is 0 Å². The molecule has 2 N–H and O–H groups in total. The second-order valence-corrected chi connectivity index (χ2v) is 5.79. The van der Waals surface area contributed by atoms with Gasteiger partial charge in [-0.15, -0.1) is 0 Å². The number of hydrogen-bond donors (Lipinski definition) is 1. The molecule has 0 saturated carbocycles. The Kier molecular flexibility index (Phi) is 4.20. The number of benzene rings is 1. The van der Waals surface area contributed by atoms with Crippen LogP contribution in [0.4, 0.5) is 0 Å². The van der Waals surface area contributed by atoms with Crippen LogP contribution in [-0.2, 0) is 0 Å². The van der Waals surface area contributed by atoms with Gasteiger partial charge in [0, 0.05) is 21.6 Å². The Balaban J connectivity index is 2.14. The standard InChI is InChI=1S/C13H13BrN2S/c1-9(15)10-5-6-13(16-8-10)17-12-4-2-3-11(14)7-12/h2-9H,15H2,1H3/t9-/m0/s1. The highest BCUT2D eigenvalue weighted by Gasteiger charge is 2.02. The Bertz CT molecular complexity index is 497. The first kappa shape index (κ1) is 12.6. The molecule has 0 fully saturated rings. The van der Waals surface area contributed by atoms with Gasteiger partial charge in [-0.1, -0.05) is 39.8 Å². The second kappa shape index (κ2) is 5.67. The fourth-order valence-corrected chi connectivity index (χ4v) is 2.74. The van der Waals surface area contributed by atoms with Crippen LogP contribution < -0.4 is 5.73 Å². The van der Waals surface area contributed by atoms with E-state index in [1.807, 2.05) is 37.4 Å². The Labute approximate surface area is 114 Å². The molecule has 1 aromatic heterocycles. The minimum atomic E-state index is 0.0346. The Morgan fingerprint density at radius 2 is 2.12 bits per heavy atom. The zero-order valence-electron chi connectivity index (χ0n) is 9.43. The van der Waals surface area contributed by atoms with Gasteiger partial charge in [0.1, 0.15) is 5.03 Å². The molecule has 2 rings (SSSR count). The highest BCUT2D eigenvalue weighted by molar-refractivity contribution is 9.10. The normalized spacial score (nSPS) is 12.4. The third kappa shape index (κ3) is 3.56. The van der Waals surface area contributed by atoms with E-state index in [0.717, 1.165) is 15.1 Å². The smallest absolute Gasteiger partial charge is 0.101 e. The number of hydrogen-bond acceptors (Lipinski definition) is 3. The highest BCUT2D eigenvalue weighted by atomic mass is 79.9. The minimum absolute atomic E-state index is 0.0346. The van der Waals surface area contributed by atoms with Gasteiger partial charge in [0.25, 0.3) is 0 Å². The van der Waals surface area contributed by atoms with Gasteiger partial charge in [-0.05, 0) is 36.8 Å². The van der Waals surface area contributed by atoms with Crippen LogP contribution in [0.15, 0.2) is 57.0 Å². The van der Waals surface area contributed by atoms with Crippen LogP contribution in [-0.4, -0.2) is 4.98 Å². The van der Waals surface area contributed by atoms with Gasteiger partial charge in [-0.2, -0.15) is 0 Å². The van der Waals surface area contributed by atoms with Gasteiger partial charge < -0.3 is 5.73 Å². The highest BCUT2D eigenvalue weighted by Crippen LogP contribution is 2.28. The molecule has 0 saturated heterocycles. The summed E-state index contributed by atoms with van der Waals surface area (Å²) in [6.07, 6.45) is 1.84. The predicted octanol–water partition coefficient (Wildman–Crippen LogP) is 4.02. The molecule has 0 radical (unpaired) electrons. The van der Waals surface area contributed by atoms with Crippen LogP contribution in [0.25, 0.3) is 0 Å². The van der Waals surface area contributed by atoms with E-state index in [4.69, 9.17) is 5.73 Å². The predicted molar refractivity (Wildman–Crippen MR) is 75.1 cm³/mol. The number of pyridine rings is 1. The summed E-state index contributed by atoms with van der Waals surface area (Å²) in [5, 5.41) is 0.979. The summed E-state index contributed by atoms with van der Waals surface area (Å²) in [6, 6.07) is 12.2. The Morgan fingerprint density at radius 3 is 2.71 bits per heavy atom.